The predicted molar refractivity (Wildman–Crippen MR) is 77.9 cm³/mol. The molecule has 1 aliphatic rings. The molecule has 4 nitrogen and oxygen atoms in total. The molecule has 2 aromatic rings. The number of rotatable bonds is 2. The van der Waals surface area contributed by atoms with Crippen LogP contribution in [0.2, 0.25) is 0 Å². The number of carbonyl (C=O) groups excluding carboxylic acids is 1. The highest BCUT2D eigenvalue weighted by Gasteiger charge is 2.38. The van der Waals surface area contributed by atoms with Crippen molar-refractivity contribution in [1.29, 1.82) is 0 Å². The van der Waals surface area contributed by atoms with Crippen molar-refractivity contribution in [3.05, 3.63) is 53.1 Å². The van der Waals surface area contributed by atoms with E-state index in [1.165, 1.54) is 4.90 Å². The number of carbonyl (C=O) groups is 1. The van der Waals surface area contributed by atoms with Gasteiger partial charge in [-0.15, -0.1) is 0 Å². The molecule has 1 aromatic heterocycles. The Labute approximate surface area is 135 Å². The van der Waals surface area contributed by atoms with E-state index in [1.807, 2.05) is 6.20 Å². The van der Waals surface area contributed by atoms with Crippen molar-refractivity contribution >= 4 is 5.91 Å². The van der Waals surface area contributed by atoms with Crippen LogP contribution >= 0.6 is 0 Å². The van der Waals surface area contributed by atoms with Crippen molar-refractivity contribution < 1.29 is 22.4 Å². The monoisotopic (exact) mass is 341 g/mol. The van der Waals surface area contributed by atoms with Crippen molar-refractivity contribution in [1.82, 2.24) is 14.7 Å². The van der Waals surface area contributed by atoms with Crippen LogP contribution < -0.4 is 0 Å². The van der Waals surface area contributed by atoms with E-state index >= 15 is 0 Å². The molecule has 1 aromatic carbocycles. The molecule has 8 heteroatoms. The summed E-state index contributed by atoms with van der Waals surface area (Å²) < 4.78 is 54.0. The lowest BCUT2D eigenvalue weighted by molar-refractivity contribution is -0.138. The summed E-state index contributed by atoms with van der Waals surface area (Å²) in [7, 11) is 1.77. The van der Waals surface area contributed by atoms with E-state index in [9.17, 15) is 22.4 Å². The van der Waals surface area contributed by atoms with Gasteiger partial charge >= 0.3 is 6.18 Å². The zero-order chi connectivity index (χ0) is 17.5. The Balaban J connectivity index is 1.83. The molecular formula is C16H15F4N3O. The number of aryl methyl sites for hydroxylation is 1. The minimum Gasteiger partial charge on any atom is -0.338 e. The van der Waals surface area contributed by atoms with E-state index in [-0.39, 0.29) is 5.92 Å². The molecule has 24 heavy (non-hydrogen) atoms. The molecule has 0 N–H and O–H groups in total. The van der Waals surface area contributed by atoms with Crippen molar-refractivity contribution in [2.75, 3.05) is 13.1 Å². The smallest absolute Gasteiger partial charge is 0.338 e. The van der Waals surface area contributed by atoms with Gasteiger partial charge in [-0.25, -0.2) is 4.39 Å². The van der Waals surface area contributed by atoms with Crippen LogP contribution in [-0.4, -0.2) is 33.7 Å². The van der Waals surface area contributed by atoms with Gasteiger partial charge in [-0.2, -0.15) is 18.3 Å². The average molecular weight is 341 g/mol. The van der Waals surface area contributed by atoms with Crippen molar-refractivity contribution in [3.8, 4) is 0 Å². The quantitative estimate of drug-likeness (QED) is 0.787. The van der Waals surface area contributed by atoms with E-state index in [0.717, 1.165) is 17.7 Å². The molecule has 1 amide bonds. The normalized spacial score (nSPS) is 18.2. The first-order valence-electron chi connectivity index (χ1n) is 7.40. The summed E-state index contributed by atoms with van der Waals surface area (Å²) in [4.78, 5) is 13.9. The van der Waals surface area contributed by atoms with Gasteiger partial charge in [0.15, 0.2) is 0 Å². The summed E-state index contributed by atoms with van der Waals surface area (Å²) in [6.07, 6.45) is -0.606. The van der Waals surface area contributed by atoms with Gasteiger partial charge in [0.25, 0.3) is 5.91 Å². The Hall–Kier alpha value is -2.38. The number of aromatic nitrogens is 2. The molecule has 1 atom stereocenters. The molecule has 128 valence electrons. The second kappa shape index (κ2) is 5.92. The first kappa shape index (κ1) is 16.5. The molecule has 0 saturated carbocycles. The van der Waals surface area contributed by atoms with Crippen LogP contribution in [0.25, 0.3) is 0 Å². The van der Waals surface area contributed by atoms with Crippen molar-refractivity contribution in [2.45, 2.75) is 18.5 Å². The number of nitrogens with zero attached hydrogens (tertiary/aromatic N) is 3. The van der Waals surface area contributed by atoms with E-state index < -0.39 is 29.0 Å². The number of halogens is 4. The fourth-order valence-corrected chi connectivity index (χ4v) is 2.98. The zero-order valence-electron chi connectivity index (χ0n) is 12.8. The number of benzene rings is 1. The van der Waals surface area contributed by atoms with Crippen LogP contribution in [-0.2, 0) is 13.2 Å². The van der Waals surface area contributed by atoms with Gasteiger partial charge < -0.3 is 4.90 Å². The van der Waals surface area contributed by atoms with Gasteiger partial charge in [0.2, 0.25) is 0 Å². The summed E-state index contributed by atoms with van der Waals surface area (Å²) in [6, 6.07) is 2.14. The zero-order valence-corrected chi connectivity index (χ0v) is 12.8. The average Bonchev–Trinajstić information content (AvgIpc) is 3.14. The van der Waals surface area contributed by atoms with Gasteiger partial charge in [-0.1, -0.05) is 0 Å². The highest BCUT2D eigenvalue weighted by atomic mass is 19.4. The lowest BCUT2D eigenvalue weighted by Crippen LogP contribution is -2.30. The van der Waals surface area contributed by atoms with E-state index in [1.54, 1.807) is 17.9 Å². The maximum absolute atomic E-state index is 13.2. The highest BCUT2D eigenvalue weighted by molar-refractivity contribution is 5.96. The molecule has 1 saturated heterocycles. The Morgan fingerprint density at radius 2 is 2.08 bits per heavy atom. The second-order valence-corrected chi connectivity index (χ2v) is 5.87. The van der Waals surface area contributed by atoms with Crippen LogP contribution in [0.15, 0.2) is 30.6 Å². The SMILES string of the molecule is Cn1cc([C@H]2CCN(C(=O)c3ccc(F)cc3C(F)(F)F)C2)cn1. The largest absolute Gasteiger partial charge is 0.417 e. The van der Waals surface area contributed by atoms with Crippen molar-refractivity contribution in [2.24, 2.45) is 7.05 Å². The fourth-order valence-electron chi connectivity index (χ4n) is 2.98. The highest BCUT2D eigenvalue weighted by Crippen LogP contribution is 2.34. The Morgan fingerprint density at radius 1 is 1.33 bits per heavy atom. The topological polar surface area (TPSA) is 38.1 Å². The lowest BCUT2D eigenvalue weighted by Gasteiger charge is -2.19. The maximum atomic E-state index is 13.2. The summed E-state index contributed by atoms with van der Waals surface area (Å²) in [5.74, 6) is -1.71. The fraction of sp³-hybridized carbons (Fsp3) is 0.375. The predicted octanol–water partition coefficient (Wildman–Crippen LogP) is 3.21. The Kier molecular flexibility index (Phi) is 4.06. The van der Waals surface area contributed by atoms with Crippen molar-refractivity contribution in [3.63, 3.8) is 0 Å². The number of likely N-dealkylation sites (tertiary alicyclic amines) is 1. The third-order valence-electron chi connectivity index (χ3n) is 4.19. The maximum Gasteiger partial charge on any atom is 0.417 e. The Bertz CT molecular complexity index is 769. The molecule has 0 bridgehead atoms. The molecule has 0 aliphatic carbocycles. The minimum atomic E-state index is -4.78. The van der Waals surface area contributed by atoms with Crippen LogP contribution in [0.5, 0.6) is 0 Å². The van der Waals surface area contributed by atoms with Crippen LogP contribution in [0.3, 0.4) is 0 Å². The first-order chi connectivity index (χ1) is 11.3. The second-order valence-electron chi connectivity index (χ2n) is 5.87. The van der Waals surface area contributed by atoms with Gasteiger partial charge in [-0.05, 0) is 30.2 Å². The van der Waals surface area contributed by atoms with E-state index in [2.05, 4.69) is 5.10 Å². The third kappa shape index (κ3) is 3.13. The number of hydrogen-bond acceptors (Lipinski definition) is 2. The number of alkyl halides is 3. The van der Waals surface area contributed by atoms with Gasteiger partial charge in [0, 0.05) is 32.3 Å². The molecule has 0 radical (unpaired) electrons. The van der Waals surface area contributed by atoms with E-state index in [4.69, 9.17) is 0 Å². The van der Waals surface area contributed by atoms with E-state index in [0.29, 0.717) is 25.6 Å². The number of hydrogen-bond donors (Lipinski definition) is 0. The molecular weight excluding hydrogens is 326 g/mol. The van der Waals surface area contributed by atoms with Crippen LogP contribution in [0.1, 0.15) is 33.8 Å². The molecule has 0 spiro atoms. The minimum absolute atomic E-state index is 0.0393. The van der Waals surface area contributed by atoms with Crippen LogP contribution in [0.4, 0.5) is 17.6 Å². The first-order valence-corrected chi connectivity index (χ1v) is 7.40. The molecule has 1 aliphatic heterocycles. The summed E-state index contributed by atoms with van der Waals surface area (Å²) in [5.41, 5.74) is -0.809. The summed E-state index contributed by atoms with van der Waals surface area (Å²) in [5, 5.41) is 4.07. The van der Waals surface area contributed by atoms with Gasteiger partial charge in [0.05, 0.1) is 17.3 Å². The molecule has 3 rings (SSSR count). The lowest BCUT2D eigenvalue weighted by atomic mass is 10.0. The van der Waals surface area contributed by atoms with Gasteiger partial charge in [0.1, 0.15) is 5.82 Å². The van der Waals surface area contributed by atoms with Gasteiger partial charge in [-0.3, -0.25) is 9.48 Å². The third-order valence-corrected chi connectivity index (χ3v) is 4.19. The summed E-state index contributed by atoms with van der Waals surface area (Å²) in [6.45, 7) is 0.673. The number of amides is 1. The molecule has 2 heterocycles. The molecule has 0 unspecified atom stereocenters. The summed E-state index contributed by atoms with van der Waals surface area (Å²) >= 11 is 0. The van der Waals surface area contributed by atoms with Crippen LogP contribution in [0, 0.1) is 5.82 Å². The Morgan fingerprint density at radius 3 is 2.71 bits per heavy atom. The molecule has 1 fully saturated rings. The standard InChI is InChI=1S/C16H15F4N3O/c1-22-8-11(7-21-22)10-4-5-23(9-10)15(24)13-3-2-12(17)6-14(13)16(18,19)20/h2-3,6-8,10H,4-5,9H2,1H3/t10-/m0/s1.